The maximum atomic E-state index is 13.0. The third kappa shape index (κ3) is 2.07. The van der Waals surface area contributed by atoms with E-state index >= 15 is 0 Å². The van der Waals surface area contributed by atoms with Crippen LogP contribution in [0.3, 0.4) is 0 Å². The predicted octanol–water partition coefficient (Wildman–Crippen LogP) is 1.51. The number of nitrogens with zero attached hydrogens (tertiary/aromatic N) is 5. The standard InChI is InChI=1S/C12H10F3N5O/c13-12(14,15)9-7(6-16)10-19-5-3-1-2-4-8(19)18-20(10)11(21)17-9/h1-5H2. The summed E-state index contributed by atoms with van der Waals surface area (Å²) < 4.78 is 41.2. The van der Waals surface area contributed by atoms with E-state index in [-0.39, 0.29) is 5.65 Å². The molecule has 0 spiro atoms. The van der Waals surface area contributed by atoms with E-state index < -0.39 is 23.1 Å². The van der Waals surface area contributed by atoms with E-state index in [2.05, 4.69) is 10.1 Å². The van der Waals surface area contributed by atoms with E-state index in [1.807, 2.05) is 0 Å². The third-order valence-corrected chi connectivity index (χ3v) is 3.49. The summed E-state index contributed by atoms with van der Waals surface area (Å²) in [5.74, 6) is 0.516. The summed E-state index contributed by atoms with van der Waals surface area (Å²) in [5.41, 5.74) is -3.32. The summed E-state index contributed by atoms with van der Waals surface area (Å²) in [6.07, 6.45) is -1.75. The Balaban J connectivity index is 2.43. The minimum atomic E-state index is -4.85. The zero-order valence-corrected chi connectivity index (χ0v) is 10.8. The second-order valence-electron chi connectivity index (χ2n) is 4.84. The van der Waals surface area contributed by atoms with E-state index in [0.717, 1.165) is 23.8 Å². The van der Waals surface area contributed by atoms with Gasteiger partial charge < -0.3 is 4.57 Å². The van der Waals surface area contributed by atoms with Gasteiger partial charge in [0.15, 0.2) is 11.3 Å². The highest BCUT2D eigenvalue weighted by molar-refractivity contribution is 5.58. The molecule has 0 atom stereocenters. The van der Waals surface area contributed by atoms with Crippen LogP contribution in [0.25, 0.3) is 5.65 Å². The van der Waals surface area contributed by atoms with Crippen LogP contribution in [0, 0.1) is 11.3 Å². The first-order valence-electron chi connectivity index (χ1n) is 6.43. The number of alkyl halides is 3. The number of hydrogen-bond acceptors (Lipinski definition) is 4. The molecule has 110 valence electrons. The molecular formula is C12H10F3N5O. The van der Waals surface area contributed by atoms with Crippen molar-refractivity contribution in [2.24, 2.45) is 0 Å². The topological polar surface area (TPSA) is 76.0 Å². The SMILES string of the molecule is N#Cc1c(C(F)(F)F)nc(=O)n2nc3n(c12)CCCCC3. The number of rotatable bonds is 0. The van der Waals surface area contributed by atoms with Gasteiger partial charge in [-0.15, -0.1) is 5.10 Å². The summed E-state index contributed by atoms with van der Waals surface area (Å²) >= 11 is 0. The molecule has 3 rings (SSSR count). The number of fused-ring (bicyclic) bond motifs is 3. The van der Waals surface area contributed by atoms with E-state index in [1.54, 1.807) is 0 Å². The summed E-state index contributed by atoms with van der Waals surface area (Å²) in [5, 5.41) is 13.1. The molecule has 1 aliphatic heterocycles. The number of aromatic nitrogens is 4. The molecule has 0 amide bonds. The molecule has 2 aromatic rings. The lowest BCUT2D eigenvalue weighted by molar-refractivity contribution is -0.141. The molecule has 9 heteroatoms. The first-order valence-corrected chi connectivity index (χ1v) is 6.43. The fourth-order valence-corrected chi connectivity index (χ4v) is 2.59. The van der Waals surface area contributed by atoms with Gasteiger partial charge in [-0.1, -0.05) is 6.42 Å². The van der Waals surface area contributed by atoms with E-state index in [1.165, 1.54) is 10.6 Å². The van der Waals surface area contributed by atoms with Crippen LogP contribution in [0.2, 0.25) is 0 Å². The van der Waals surface area contributed by atoms with Gasteiger partial charge in [-0.2, -0.15) is 27.9 Å². The minimum Gasteiger partial charge on any atom is -0.312 e. The van der Waals surface area contributed by atoms with E-state index in [9.17, 15) is 18.0 Å². The van der Waals surface area contributed by atoms with E-state index in [0.29, 0.717) is 18.8 Å². The lowest BCUT2D eigenvalue weighted by atomic mass is 10.2. The predicted molar refractivity (Wildman–Crippen MR) is 64.5 cm³/mol. The number of halogens is 3. The second-order valence-corrected chi connectivity index (χ2v) is 4.84. The molecule has 0 radical (unpaired) electrons. The van der Waals surface area contributed by atoms with Gasteiger partial charge in [0.1, 0.15) is 17.5 Å². The Labute approximate surface area is 116 Å². The van der Waals surface area contributed by atoms with Gasteiger partial charge in [0.05, 0.1) is 0 Å². The average Bonchev–Trinajstić information content (AvgIpc) is 2.63. The molecule has 21 heavy (non-hydrogen) atoms. The fraction of sp³-hybridized carbons (Fsp3) is 0.500. The number of hydrogen-bond donors (Lipinski definition) is 0. The molecular weight excluding hydrogens is 287 g/mol. The average molecular weight is 297 g/mol. The largest absolute Gasteiger partial charge is 0.435 e. The van der Waals surface area contributed by atoms with Crippen LogP contribution in [-0.2, 0) is 19.1 Å². The van der Waals surface area contributed by atoms with Crippen molar-refractivity contribution in [2.45, 2.75) is 38.4 Å². The molecule has 0 aliphatic carbocycles. The van der Waals surface area contributed by atoms with Crippen LogP contribution in [0.5, 0.6) is 0 Å². The lowest BCUT2D eigenvalue weighted by Gasteiger charge is -2.09. The summed E-state index contributed by atoms with van der Waals surface area (Å²) in [6.45, 7) is 0.439. The third-order valence-electron chi connectivity index (χ3n) is 3.49. The minimum absolute atomic E-state index is 0.110. The second kappa shape index (κ2) is 4.58. The smallest absolute Gasteiger partial charge is 0.312 e. The first kappa shape index (κ1) is 13.6. The molecule has 1 aliphatic rings. The lowest BCUT2D eigenvalue weighted by Crippen LogP contribution is -2.25. The van der Waals surface area contributed by atoms with Crippen molar-refractivity contribution in [3.8, 4) is 6.07 Å². The van der Waals surface area contributed by atoms with Gasteiger partial charge in [0.25, 0.3) is 0 Å². The highest BCUT2D eigenvalue weighted by atomic mass is 19.4. The quantitative estimate of drug-likeness (QED) is 0.738. The van der Waals surface area contributed by atoms with Crippen molar-refractivity contribution in [3.63, 3.8) is 0 Å². The molecule has 3 heterocycles. The summed E-state index contributed by atoms with van der Waals surface area (Å²) in [7, 11) is 0. The van der Waals surface area contributed by atoms with Crippen molar-refractivity contribution in [2.75, 3.05) is 0 Å². The normalized spacial score (nSPS) is 15.5. The molecule has 0 bridgehead atoms. The fourth-order valence-electron chi connectivity index (χ4n) is 2.59. The van der Waals surface area contributed by atoms with Crippen LogP contribution in [0.15, 0.2) is 4.79 Å². The number of nitriles is 1. The molecule has 2 aromatic heterocycles. The zero-order chi connectivity index (χ0) is 15.2. The zero-order valence-electron chi connectivity index (χ0n) is 10.8. The molecule has 0 aromatic carbocycles. The van der Waals surface area contributed by atoms with Crippen molar-refractivity contribution in [3.05, 3.63) is 27.6 Å². The molecule has 0 fully saturated rings. The monoisotopic (exact) mass is 297 g/mol. The summed E-state index contributed by atoms with van der Waals surface area (Å²) in [4.78, 5) is 14.8. The molecule has 0 unspecified atom stereocenters. The van der Waals surface area contributed by atoms with Gasteiger partial charge in [-0.05, 0) is 12.8 Å². The van der Waals surface area contributed by atoms with Crippen LogP contribution in [0.4, 0.5) is 13.2 Å². The maximum absolute atomic E-state index is 13.0. The van der Waals surface area contributed by atoms with Gasteiger partial charge in [0, 0.05) is 13.0 Å². The highest BCUT2D eigenvalue weighted by Crippen LogP contribution is 2.31. The van der Waals surface area contributed by atoms with Crippen LogP contribution < -0.4 is 5.69 Å². The van der Waals surface area contributed by atoms with Gasteiger partial charge in [-0.3, -0.25) is 0 Å². The van der Waals surface area contributed by atoms with Crippen LogP contribution in [-0.4, -0.2) is 19.2 Å². The molecule has 0 N–H and O–H groups in total. The summed E-state index contributed by atoms with van der Waals surface area (Å²) in [6, 6.07) is 1.53. The van der Waals surface area contributed by atoms with Crippen molar-refractivity contribution in [1.82, 2.24) is 19.2 Å². The first-order chi connectivity index (χ1) is 9.93. The van der Waals surface area contributed by atoms with Crippen molar-refractivity contribution in [1.29, 1.82) is 5.26 Å². The maximum Gasteiger partial charge on any atom is 0.435 e. The molecule has 6 nitrogen and oxygen atoms in total. The van der Waals surface area contributed by atoms with Gasteiger partial charge >= 0.3 is 11.9 Å². The Morgan fingerprint density at radius 1 is 1.24 bits per heavy atom. The Bertz CT molecular complexity index is 811. The van der Waals surface area contributed by atoms with Gasteiger partial charge in [0.2, 0.25) is 0 Å². The van der Waals surface area contributed by atoms with Crippen LogP contribution in [0.1, 0.15) is 36.3 Å². The van der Waals surface area contributed by atoms with E-state index in [4.69, 9.17) is 5.26 Å². The number of aryl methyl sites for hydroxylation is 2. The molecule has 0 saturated carbocycles. The Kier molecular flexibility index (Phi) is 2.97. The Hall–Kier alpha value is -2.37. The Morgan fingerprint density at radius 3 is 2.67 bits per heavy atom. The van der Waals surface area contributed by atoms with Gasteiger partial charge in [-0.25, -0.2) is 4.79 Å². The van der Waals surface area contributed by atoms with Crippen LogP contribution >= 0.6 is 0 Å². The highest BCUT2D eigenvalue weighted by Gasteiger charge is 2.38. The Morgan fingerprint density at radius 2 is 2.00 bits per heavy atom. The van der Waals surface area contributed by atoms with Crippen molar-refractivity contribution >= 4 is 5.65 Å². The van der Waals surface area contributed by atoms with Crippen molar-refractivity contribution < 1.29 is 13.2 Å². The molecule has 0 saturated heterocycles.